The van der Waals surface area contributed by atoms with Gasteiger partial charge in [-0.05, 0) is 39.0 Å². The van der Waals surface area contributed by atoms with Crippen molar-refractivity contribution < 1.29 is 41.9 Å². The van der Waals surface area contributed by atoms with E-state index in [-0.39, 0.29) is 48.8 Å². The molecule has 0 aliphatic carbocycles. The Morgan fingerprint density at radius 3 is 2.52 bits per heavy atom. The summed E-state index contributed by atoms with van der Waals surface area (Å²) in [6, 6.07) is -0.314. The van der Waals surface area contributed by atoms with Crippen molar-refractivity contribution in [3.05, 3.63) is 0 Å². The lowest BCUT2D eigenvalue weighted by Gasteiger charge is -2.31. The predicted molar refractivity (Wildman–Crippen MR) is 91.5 cm³/mol. The Morgan fingerprint density at radius 1 is 1.24 bits per heavy atom. The summed E-state index contributed by atoms with van der Waals surface area (Å²) >= 11 is 0. The second kappa shape index (κ2) is 12.9. The lowest BCUT2D eigenvalue weighted by Crippen LogP contribution is -3.00. The minimum atomic E-state index is -0.352. The van der Waals surface area contributed by atoms with Crippen LogP contribution < -0.4 is 18.1 Å². The molecule has 0 aromatic rings. The van der Waals surface area contributed by atoms with E-state index < -0.39 is 0 Å². The minimum Gasteiger partial charge on any atom is -1.00 e. The highest BCUT2D eigenvalue weighted by atomic mass is 35.5. The average Bonchev–Trinajstić information content (AvgIpc) is 2.57. The second-order valence-corrected chi connectivity index (χ2v) is 7.21. The molecule has 25 heavy (non-hydrogen) atoms. The Morgan fingerprint density at radius 2 is 1.92 bits per heavy atom. The molecule has 150 valence electrons. The molecule has 0 radical (unpaired) electrons. The van der Waals surface area contributed by atoms with Gasteiger partial charge in [-0.2, -0.15) is 0 Å². The largest absolute Gasteiger partial charge is 1.00 e. The standard InChI is InChI=1S/C18H35NO5.ClH/c1-12(2)11-23-16-8-6-7-15(19)18(20)24-14(4)17(16)22-10-9-13(3)21-5;/h12-17H,6-11,19H2,1-5H3;1H/t13?,14-,15-,16-,17-;/m0./s1. The summed E-state index contributed by atoms with van der Waals surface area (Å²) in [5.41, 5.74) is 3.90. The van der Waals surface area contributed by atoms with Crippen LogP contribution in [0.1, 0.15) is 53.4 Å². The fourth-order valence-electron chi connectivity index (χ4n) is 2.72. The van der Waals surface area contributed by atoms with Crippen LogP contribution in [0.3, 0.4) is 0 Å². The number of carbonyl (C=O) groups excluding carboxylic acids is 1. The first-order chi connectivity index (χ1) is 11.3. The number of rotatable bonds is 8. The SMILES string of the molecule is COC(C)CCO[C@H]1[C@H](C)OC(=O)[C@@H]([NH3+])CCC[C@@H]1OCC(C)C.[Cl-]. The molecular weight excluding hydrogens is 346 g/mol. The lowest BCUT2D eigenvalue weighted by atomic mass is 10.0. The molecule has 1 heterocycles. The fraction of sp³-hybridized carbons (Fsp3) is 0.944. The molecule has 0 bridgehead atoms. The quantitative estimate of drug-likeness (QED) is 0.521. The monoisotopic (exact) mass is 381 g/mol. The third-order valence-electron chi connectivity index (χ3n) is 4.39. The van der Waals surface area contributed by atoms with E-state index in [1.54, 1.807) is 7.11 Å². The summed E-state index contributed by atoms with van der Waals surface area (Å²) < 4.78 is 23.0. The Kier molecular flexibility index (Phi) is 12.7. The molecule has 6 nitrogen and oxygen atoms in total. The van der Waals surface area contributed by atoms with Gasteiger partial charge in [-0.25, -0.2) is 4.79 Å². The summed E-state index contributed by atoms with van der Waals surface area (Å²) in [6.45, 7) is 9.37. The number of hydrogen-bond acceptors (Lipinski definition) is 5. The molecule has 1 rings (SSSR count). The van der Waals surface area contributed by atoms with Gasteiger partial charge < -0.3 is 37.1 Å². The van der Waals surface area contributed by atoms with E-state index in [1.807, 2.05) is 13.8 Å². The maximum Gasteiger partial charge on any atom is 0.365 e. The molecule has 0 amide bonds. The molecule has 3 N–H and O–H groups in total. The molecule has 0 saturated carbocycles. The molecule has 7 heteroatoms. The van der Waals surface area contributed by atoms with Gasteiger partial charge in [0.15, 0.2) is 6.04 Å². The van der Waals surface area contributed by atoms with Gasteiger partial charge in [0.2, 0.25) is 0 Å². The van der Waals surface area contributed by atoms with E-state index in [9.17, 15) is 4.79 Å². The van der Waals surface area contributed by atoms with E-state index in [2.05, 4.69) is 19.6 Å². The number of ether oxygens (including phenoxy) is 4. The third kappa shape index (κ3) is 9.20. The van der Waals surface area contributed by atoms with E-state index >= 15 is 0 Å². The Bertz CT molecular complexity index is 369. The first-order valence-electron chi connectivity index (χ1n) is 9.14. The fourth-order valence-corrected chi connectivity index (χ4v) is 2.72. The van der Waals surface area contributed by atoms with Crippen molar-refractivity contribution in [1.82, 2.24) is 0 Å². The first-order valence-corrected chi connectivity index (χ1v) is 9.14. The summed E-state index contributed by atoms with van der Waals surface area (Å²) in [7, 11) is 1.69. The second-order valence-electron chi connectivity index (χ2n) is 7.21. The van der Waals surface area contributed by atoms with Crippen LogP contribution in [0.25, 0.3) is 0 Å². The lowest BCUT2D eigenvalue weighted by molar-refractivity contribution is -0.410. The van der Waals surface area contributed by atoms with Crippen LogP contribution >= 0.6 is 0 Å². The van der Waals surface area contributed by atoms with Gasteiger partial charge in [-0.3, -0.25) is 0 Å². The highest BCUT2D eigenvalue weighted by Crippen LogP contribution is 2.22. The van der Waals surface area contributed by atoms with Gasteiger partial charge in [-0.15, -0.1) is 0 Å². The molecule has 1 saturated heterocycles. The number of esters is 1. The highest BCUT2D eigenvalue weighted by Gasteiger charge is 2.35. The van der Waals surface area contributed by atoms with Crippen LogP contribution in [-0.2, 0) is 23.7 Å². The molecule has 0 spiro atoms. The van der Waals surface area contributed by atoms with Crippen LogP contribution in [-0.4, -0.2) is 56.8 Å². The third-order valence-corrected chi connectivity index (χ3v) is 4.39. The molecule has 0 aromatic heterocycles. The van der Waals surface area contributed by atoms with Crippen molar-refractivity contribution in [2.75, 3.05) is 20.3 Å². The number of carbonyl (C=O) groups is 1. The molecule has 1 aliphatic rings. The number of halogens is 1. The summed E-state index contributed by atoms with van der Waals surface area (Å²) in [5.74, 6) is 0.205. The van der Waals surface area contributed by atoms with Crippen molar-refractivity contribution in [2.45, 2.75) is 83.8 Å². The van der Waals surface area contributed by atoms with Crippen LogP contribution in [0.2, 0.25) is 0 Å². The Labute approximate surface area is 158 Å². The molecule has 1 unspecified atom stereocenters. The summed E-state index contributed by atoms with van der Waals surface area (Å²) in [5, 5.41) is 0. The van der Waals surface area contributed by atoms with E-state index in [0.717, 1.165) is 25.7 Å². The van der Waals surface area contributed by atoms with Crippen molar-refractivity contribution in [2.24, 2.45) is 5.92 Å². The number of hydrogen-bond donors (Lipinski definition) is 1. The molecular formula is C18H36ClNO5. The van der Waals surface area contributed by atoms with Crippen LogP contribution in [0.5, 0.6) is 0 Å². The van der Waals surface area contributed by atoms with E-state index in [0.29, 0.717) is 19.1 Å². The topological polar surface area (TPSA) is 81.6 Å². The van der Waals surface area contributed by atoms with Crippen LogP contribution in [0.4, 0.5) is 0 Å². The van der Waals surface area contributed by atoms with Gasteiger partial charge in [0.1, 0.15) is 12.2 Å². The van der Waals surface area contributed by atoms with Crippen molar-refractivity contribution >= 4 is 5.97 Å². The minimum absolute atomic E-state index is 0. The molecule has 1 fully saturated rings. The summed E-state index contributed by atoms with van der Waals surface area (Å²) in [4.78, 5) is 12.1. The van der Waals surface area contributed by atoms with Crippen molar-refractivity contribution in [3.8, 4) is 0 Å². The van der Waals surface area contributed by atoms with Gasteiger partial charge in [0, 0.05) is 26.7 Å². The zero-order valence-electron chi connectivity index (χ0n) is 16.3. The molecule has 0 aromatic carbocycles. The maximum absolute atomic E-state index is 12.1. The Hall–Kier alpha value is -0.400. The van der Waals surface area contributed by atoms with E-state index in [1.165, 1.54) is 0 Å². The van der Waals surface area contributed by atoms with E-state index in [4.69, 9.17) is 18.9 Å². The highest BCUT2D eigenvalue weighted by molar-refractivity contribution is 5.74. The number of quaternary nitrogens is 1. The molecule has 1 aliphatic heterocycles. The van der Waals surface area contributed by atoms with Crippen LogP contribution in [0.15, 0.2) is 0 Å². The summed E-state index contributed by atoms with van der Waals surface area (Å²) in [6.07, 6.45) is 2.70. The predicted octanol–water partition coefficient (Wildman–Crippen LogP) is -1.43. The van der Waals surface area contributed by atoms with Crippen molar-refractivity contribution in [3.63, 3.8) is 0 Å². The van der Waals surface area contributed by atoms with Crippen molar-refractivity contribution in [1.29, 1.82) is 0 Å². The average molecular weight is 382 g/mol. The van der Waals surface area contributed by atoms with Gasteiger partial charge in [0.05, 0.1) is 12.2 Å². The zero-order valence-corrected chi connectivity index (χ0v) is 17.1. The first kappa shape index (κ1) is 24.6. The number of methoxy groups -OCH3 is 1. The van der Waals surface area contributed by atoms with Gasteiger partial charge >= 0.3 is 5.97 Å². The zero-order chi connectivity index (χ0) is 18.1. The number of cyclic esters (lactones) is 1. The Balaban J connectivity index is 0.00000576. The maximum atomic E-state index is 12.1. The normalized spacial score (nSPS) is 29.2. The smallest absolute Gasteiger partial charge is 0.365 e. The molecule has 5 atom stereocenters. The van der Waals surface area contributed by atoms with Gasteiger partial charge in [0.25, 0.3) is 0 Å². The van der Waals surface area contributed by atoms with Gasteiger partial charge in [-0.1, -0.05) is 13.8 Å². The van der Waals surface area contributed by atoms with Crippen LogP contribution in [0, 0.1) is 5.92 Å².